The lowest BCUT2D eigenvalue weighted by atomic mass is 9.93. The Balaban J connectivity index is 2.40. The van der Waals surface area contributed by atoms with Crippen molar-refractivity contribution in [2.45, 2.75) is 39.2 Å². The lowest BCUT2D eigenvalue weighted by Gasteiger charge is -2.17. The Morgan fingerprint density at radius 1 is 1.33 bits per heavy atom. The average molecular weight is 128 g/mol. The third-order valence-electron chi connectivity index (χ3n) is 2.39. The van der Waals surface area contributed by atoms with Gasteiger partial charge in [0.2, 0.25) is 0 Å². The van der Waals surface area contributed by atoms with Crippen LogP contribution in [-0.2, 0) is 0 Å². The van der Waals surface area contributed by atoms with Crippen LogP contribution < -0.4 is 0 Å². The smallest absolute Gasteiger partial charge is 0.0570 e. The van der Waals surface area contributed by atoms with Crippen molar-refractivity contribution in [2.24, 2.45) is 11.8 Å². The van der Waals surface area contributed by atoms with E-state index >= 15 is 0 Å². The van der Waals surface area contributed by atoms with Gasteiger partial charge in [-0.05, 0) is 24.7 Å². The molecule has 1 N–H and O–H groups in total. The summed E-state index contributed by atoms with van der Waals surface area (Å²) < 4.78 is 0. The predicted molar refractivity (Wildman–Crippen MR) is 38.2 cm³/mol. The van der Waals surface area contributed by atoms with Crippen molar-refractivity contribution in [2.75, 3.05) is 0 Å². The van der Waals surface area contributed by atoms with Gasteiger partial charge in [0.1, 0.15) is 0 Å². The highest BCUT2D eigenvalue weighted by Gasteiger charge is 2.27. The standard InChI is InChI=1S/C8H16O/c1-6(2)7-4-3-5-8(7)9/h6-9H,3-5H2,1-2H3/t7-,8+/m0/s1. The lowest BCUT2D eigenvalue weighted by molar-refractivity contribution is 0.108. The van der Waals surface area contributed by atoms with Crippen LogP contribution in [0.25, 0.3) is 0 Å². The fourth-order valence-electron chi connectivity index (χ4n) is 1.75. The molecule has 0 aromatic carbocycles. The van der Waals surface area contributed by atoms with E-state index in [1.165, 1.54) is 12.8 Å². The van der Waals surface area contributed by atoms with Gasteiger partial charge in [0, 0.05) is 0 Å². The van der Waals surface area contributed by atoms with Gasteiger partial charge in [-0.25, -0.2) is 0 Å². The number of aliphatic hydroxyl groups excluding tert-OH is 1. The average Bonchev–Trinajstić information content (AvgIpc) is 2.13. The predicted octanol–water partition coefficient (Wildman–Crippen LogP) is 1.80. The normalized spacial score (nSPS) is 36.0. The fraction of sp³-hybridized carbons (Fsp3) is 1.00. The Morgan fingerprint density at radius 2 is 2.00 bits per heavy atom. The summed E-state index contributed by atoms with van der Waals surface area (Å²) in [5.41, 5.74) is 0. The van der Waals surface area contributed by atoms with E-state index in [9.17, 15) is 5.11 Å². The Hall–Kier alpha value is -0.0400. The molecule has 0 heterocycles. The summed E-state index contributed by atoms with van der Waals surface area (Å²) in [6, 6.07) is 0. The Kier molecular flexibility index (Phi) is 2.12. The van der Waals surface area contributed by atoms with Crippen LogP contribution in [0.4, 0.5) is 0 Å². The zero-order chi connectivity index (χ0) is 6.85. The molecule has 0 saturated heterocycles. The molecule has 1 nitrogen and oxygen atoms in total. The van der Waals surface area contributed by atoms with E-state index in [-0.39, 0.29) is 6.10 Å². The maximum atomic E-state index is 9.36. The second-order valence-electron chi connectivity index (χ2n) is 3.41. The molecule has 0 unspecified atom stereocenters. The highest BCUT2D eigenvalue weighted by atomic mass is 16.3. The number of aliphatic hydroxyl groups is 1. The summed E-state index contributed by atoms with van der Waals surface area (Å²) in [5, 5.41) is 9.36. The molecule has 0 spiro atoms. The van der Waals surface area contributed by atoms with Gasteiger partial charge in [-0.2, -0.15) is 0 Å². The van der Waals surface area contributed by atoms with E-state index in [4.69, 9.17) is 0 Å². The van der Waals surface area contributed by atoms with Crippen molar-refractivity contribution in [3.63, 3.8) is 0 Å². The van der Waals surface area contributed by atoms with Gasteiger partial charge >= 0.3 is 0 Å². The van der Waals surface area contributed by atoms with Crippen LogP contribution in [0.5, 0.6) is 0 Å². The van der Waals surface area contributed by atoms with Gasteiger partial charge in [0.25, 0.3) is 0 Å². The number of hydrogen-bond acceptors (Lipinski definition) is 1. The minimum atomic E-state index is 0.00463. The zero-order valence-electron chi connectivity index (χ0n) is 6.30. The van der Waals surface area contributed by atoms with Gasteiger partial charge in [-0.15, -0.1) is 0 Å². The highest BCUT2D eigenvalue weighted by Crippen LogP contribution is 2.30. The minimum absolute atomic E-state index is 0.00463. The first-order valence-corrected chi connectivity index (χ1v) is 3.90. The molecule has 0 aromatic rings. The molecule has 2 atom stereocenters. The summed E-state index contributed by atoms with van der Waals surface area (Å²) in [7, 11) is 0. The third-order valence-corrected chi connectivity index (χ3v) is 2.39. The molecule has 1 rings (SSSR count). The van der Waals surface area contributed by atoms with E-state index in [0.717, 1.165) is 6.42 Å². The molecule has 54 valence electrons. The quantitative estimate of drug-likeness (QED) is 0.571. The van der Waals surface area contributed by atoms with Crippen LogP contribution in [0, 0.1) is 11.8 Å². The van der Waals surface area contributed by atoms with Crippen LogP contribution in [0.15, 0.2) is 0 Å². The molecule has 0 radical (unpaired) electrons. The molecule has 1 saturated carbocycles. The molecule has 9 heavy (non-hydrogen) atoms. The van der Waals surface area contributed by atoms with E-state index in [0.29, 0.717) is 11.8 Å². The van der Waals surface area contributed by atoms with Gasteiger partial charge in [-0.3, -0.25) is 0 Å². The van der Waals surface area contributed by atoms with E-state index in [1.54, 1.807) is 0 Å². The largest absolute Gasteiger partial charge is 0.393 e. The summed E-state index contributed by atoms with van der Waals surface area (Å²) >= 11 is 0. The number of rotatable bonds is 1. The maximum absolute atomic E-state index is 9.36. The molecule has 1 heteroatoms. The Morgan fingerprint density at radius 3 is 2.22 bits per heavy atom. The molecule has 1 fully saturated rings. The summed E-state index contributed by atoms with van der Waals surface area (Å²) in [6.07, 6.45) is 3.50. The van der Waals surface area contributed by atoms with Crippen molar-refractivity contribution >= 4 is 0 Å². The first kappa shape index (κ1) is 7.07. The molecule has 0 aromatic heterocycles. The molecular formula is C8H16O. The van der Waals surface area contributed by atoms with Crippen molar-refractivity contribution in [3.8, 4) is 0 Å². The lowest BCUT2D eigenvalue weighted by Crippen LogP contribution is -2.18. The van der Waals surface area contributed by atoms with Crippen LogP contribution >= 0.6 is 0 Å². The van der Waals surface area contributed by atoms with E-state index in [1.807, 2.05) is 0 Å². The van der Waals surface area contributed by atoms with Gasteiger partial charge in [-0.1, -0.05) is 20.3 Å². The Bertz CT molecular complexity index is 88.6. The van der Waals surface area contributed by atoms with Crippen LogP contribution in [-0.4, -0.2) is 11.2 Å². The van der Waals surface area contributed by atoms with Crippen LogP contribution in [0.1, 0.15) is 33.1 Å². The topological polar surface area (TPSA) is 20.2 Å². The monoisotopic (exact) mass is 128 g/mol. The van der Waals surface area contributed by atoms with Gasteiger partial charge in [0.05, 0.1) is 6.10 Å². The van der Waals surface area contributed by atoms with Gasteiger partial charge in [0.15, 0.2) is 0 Å². The van der Waals surface area contributed by atoms with Crippen molar-refractivity contribution in [1.29, 1.82) is 0 Å². The second-order valence-corrected chi connectivity index (χ2v) is 3.41. The summed E-state index contributed by atoms with van der Waals surface area (Å²) in [5.74, 6) is 1.26. The second kappa shape index (κ2) is 2.70. The third kappa shape index (κ3) is 1.45. The van der Waals surface area contributed by atoms with E-state index < -0.39 is 0 Å². The first-order valence-electron chi connectivity index (χ1n) is 3.90. The van der Waals surface area contributed by atoms with Crippen molar-refractivity contribution in [1.82, 2.24) is 0 Å². The summed E-state index contributed by atoms with van der Waals surface area (Å²) in [6.45, 7) is 4.39. The zero-order valence-corrected chi connectivity index (χ0v) is 6.30. The molecule has 0 aliphatic heterocycles. The summed E-state index contributed by atoms with van der Waals surface area (Å²) in [4.78, 5) is 0. The van der Waals surface area contributed by atoms with Crippen molar-refractivity contribution < 1.29 is 5.11 Å². The van der Waals surface area contributed by atoms with Gasteiger partial charge < -0.3 is 5.11 Å². The van der Waals surface area contributed by atoms with Crippen LogP contribution in [0.3, 0.4) is 0 Å². The Labute approximate surface area is 57.1 Å². The molecule has 0 amide bonds. The van der Waals surface area contributed by atoms with Crippen LogP contribution in [0.2, 0.25) is 0 Å². The molecular weight excluding hydrogens is 112 g/mol. The number of hydrogen-bond donors (Lipinski definition) is 1. The van der Waals surface area contributed by atoms with E-state index in [2.05, 4.69) is 13.8 Å². The first-order chi connectivity index (χ1) is 4.22. The maximum Gasteiger partial charge on any atom is 0.0570 e. The molecule has 1 aliphatic carbocycles. The minimum Gasteiger partial charge on any atom is -0.393 e. The highest BCUT2D eigenvalue weighted by molar-refractivity contribution is 4.78. The van der Waals surface area contributed by atoms with Crippen molar-refractivity contribution in [3.05, 3.63) is 0 Å². The SMILES string of the molecule is CC(C)[C@@H]1CCC[C@H]1O. The molecule has 0 bridgehead atoms. The fourth-order valence-corrected chi connectivity index (χ4v) is 1.75. The molecule has 1 aliphatic rings.